The van der Waals surface area contributed by atoms with Gasteiger partial charge in [-0.3, -0.25) is 9.59 Å². The first-order chi connectivity index (χ1) is 13.4. The van der Waals surface area contributed by atoms with E-state index in [9.17, 15) is 9.59 Å². The van der Waals surface area contributed by atoms with Gasteiger partial charge in [-0.25, -0.2) is 9.97 Å². The largest absolute Gasteiger partial charge is 0.495 e. The highest BCUT2D eigenvalue weighted by molar-refractivity contribution is 8.00. The summed E-state index contributed by atoms with van der Waals surface area (Å²) in [6.07, 6.45) is 1.53. The maximum absolute atomic E-state index is 12.5. The number of thiophene rings is 1. The number of carbonyl (C=O) groups excluding carboxylic acids is 2. The summed E-state index contributed by atoms with van der Waals surface area (Å²) in [4.78, 5) is 34.5. The molecule has 9 heteroatoms. The first-order valence-electron chi connectivity index (χ1n) is 8.48. The number of rotatable bonds is 6. The number of carbonyl (C=O) groups is 2. The SMILES string of the molecule is COc1ccc(NC(C)=O)cc1NC(=O)CSc1ncnc2sc(C)c(C)c12. The Bertz CT molecular complexity index is 1050. The smallest absolute Gasteiger partial charge is 0.234 e. The molecule has 0 bridgehead atoms. The fraction of sp³-hybridized carbons (Fsp3) is 0.263. The molecule has 2 amide bonds. The highest BCUT2D eigenvalue weighted by Gasteiger charge is 2.15. The molecule has 1 aromatic carbocycles. The van der Waals surface area contributed by atoms with Crippen LogP contribution in [0.1, 0.15) is 17.4 Å². The molecule has 0 aliphatic rings. The van der Waals surface area contributed by atoms with E-state index in [1.807, 2.05) is 6.92 Å². The molecule has 0 spiro atoms. The number of benzene rings is 1. The Morgan fingerprint density at radius 3 is 2.71 bits per heavy atom. The maximum atomic E-state index is 12.5. The molecular formula is C19H20N4O3S2. The van der Waals surface area contributed by atoms with E-state index in [4.69, 9.17) is 4.74 Å². The third kappa shape index (κ3) is 4.42. The van der Waals surface area contributed by atoms with E-state index in [-0.39, 0.29) is 17.6 Å². The van der Waals surface area contributed by atoms with Crippen LogP contribution in [0.3, 0.4) is 0 Å². The Kier molecular flexibility index (Phi) is 6.15. The zero-order chi connectivity index (χ0) is 20.3. The lowest BCUT2D eigenvalue weighted by Crippen LogP contribution is -2.15. The number of anilines is 2. The van der Waals surface area contributed by atoms with Crippen molar-refractivity contribution in [3.63, 3.8) is 0 Å². The Balaban J connectivity index is 1.74. The van der Waals surface area contributed by atoms with Crippen molar-refractivity contribution in [1.29, 1.82) is 0 Å². The van der Waals surface area contributed by atoms with E-state index >= 15 is 0 Å². The van der Waals surface area contributed by atoms with Gasteiger partial charge in [0.25, 0.3) is 0 Å². The lowest BCUT2D eigenvalue weighted by atomic mass is 10.2. The number of hydrogen-bond donors (Lipinski definition) is 2. The number of fused-ring (bicyclic) bond motifs is 1. The van der Waals surface area contributed by atoms with Crippen LogP contribution in [0, 0.1) is 13.8 Å². The predicted octanol–water partition coefficient (Wildman–Crippen LogP) is 4.01. The molecule has 0 aliphatic heterocycles. The van der Waals surface area contributed by atoms with Crippen LogP contribution < -0.4 is 15.4 Å². The summed E-state index contributed by atoms with van der Waals surface area (Å²) in [7, 11) is 1.52. The van der Waals surface area contributed by atoms with Crippen LogP contribution in [-0.2, 0) is 9.59 Å². The summed E-state index contributed by atoms with van der Waals surface area (Å²) in [5.74, 6) is 0.321. The van der Waals surface area contributed by atoms with Crippen LogP contribution in [0.5, 0.6) is 5.75 Å². The summed E-state index contributed by atoms with van der Waals surface area (Å²) in [6.45, 7) is 5.52. The normalized spacial score (nSPS) is 10.7. The van der Waals surface area contributed by atoms with E-state index in [0.717, 1.165) is 20.8 Å². The number of nitrogens with one attached hydrogen (secondary N) is 2. The van der Waals surface area contributed by atoms with Gasteiger partial charge in [0.05, 0.1) is 18.6 Å². The highest BCUT2D eigenvalue weighted by atomic mass is 32.2. The number of thioether (sulfide) groups is 1. The van der Waals surface area contributed by atoms with Gasteiger partial charge >= 0.3 is 0 Å². The quantitative estimate of drug-likeness (QED) is 0.466. The Morgan fingerprint density at radius 1 is 1.21 bits per heavy atom. The molecule has 2 aromatic heterocycles. The molecule has 3 rings (SSSR count). The van der Waals surface area contributed by atoms with Crippen molar-refractivity contribution >= 4 is 56.5 Å². The molecule has 0 saturated heterocycles. The van der Waals surface area contributed by atoms with Crippen molar-refractivity contribution in [2.75, 3.05) is 23.5 Å². The fourth-order valence-electron chi connectivity index (χ4n) is 2.67. The minimum atomic E-state index is -0.195. The minimum absolute atomic E-state index is 0.188. The standard InChI is InChI=1S/C19H20N4O3S2/c1-10-11(2)28-19-17(10)18(20-9-21-19)27-8-16(25)23-14-7-13(22-12(3)24)5-6-15(14)26-4/h5-7,9H,8H2,1-4H3,(H,22,24)(H,23,25). The molecule has 0 radical (unpaired) electrons. The molecule has 2 N–H and O–H groups in total. The minimum Gasteiger partial charge on any atom is -0.495 e. The number of ether oxygens (including phenoxy) is 1. The molecule has 3 aromatic rings. The van der Waals surface area contributed by atoms with E-state index in [2.05, 4.69) is 27.5 Å². The summed E-state index contributed by atoms with van der Waals surface area (Å²) >= 11 is 2.99. The van der Waals surface area contributed by atoms with Crippen molar-refractivity contribution in [1.82, 2.24) is 9.97 Å². The molecule has 0 saturated carbocycles. The molecule has 0 aliphatic carbocycles. The molecule has 146 valence electrons. The van der Waals surface area contributed by atoms with E-state index in [1.54, 1.807) is 29.5 Å². The number of aryl methyl sites for hydroxylation is 2. The lowest BCUT2D eigenvalue weighted by Gasteiger charge is -2.12. The second-order valence-corrected chi connectivity index (χ2v) is 8.24. The zero-order valence-corrected chi connectivity index (χ0v) is 17.6. The summed E-state index contributed by atoms with van der Waals surface area (Å²) in [5, 5.41) is 7.33. The van der Waals surface area contributed by atoms with Crippen molar-refractivity contribution < 1.29 is 14.3 Å². The van der Waals surface area contributed by atoms with Crippen molar-refractivity contribution in [2.45, 2.75) is 25.8 Å². The van der Waals surface area contributed by atoms with Gasteiger partial charge in [0.1, 0.15) is 21.9 Å². The van der Waals surface area contributed by atoms with Gasteiger partial charge in [0.15, 0.2) is 0 Å². The molecule has 0 atom stereocenters. The number of nitrogens with zero attached hydrogens (tertiary/aromatic N) is 2. The van der Waals surface area contributed by atoms with E-state index in [0.29, 0.717) is 17.1 Å². The van der Waals surface area contributed by atoms with Gasteiger partial charge < -0.3 is 15.4 Å². The highest BCUT2D eigenvalue weighted by Crippen LogP contribution is 2.34. The van der Waals surface area contributed by atoms with E-state index in [1.165, 1.54) is 37.0 Å². The van der Waals surface area contributed by atoms with Crippen LogP contribution >= 0.6 is 23.1 Å². The molecular weight excluding hydrogens is 396 g/mol. The number of hydrogen-bond acceptors (Lipinski definition) is 7. The second kappa shape index (κ2) is 8.57. The number of aromatic nitrogens is 2. The first kappa shape index (κ1) is 20.1. The van der Waals surface area contributed by atoms with Crippen molar-refractivity contribution in [3.05, 3.63) is 35.0 Å². The van der Waals surface area contributed by atoms with Crippen molar-refractivity contribution in [2.24, 2.45) is 0 Å². The predicted molar refractivity (Wildman–Crippen MR) is 114 cm³/mol. The van der Waals surface area contributed by atoms with E-state index < -0.39 is 0 Å². The zero-order valence-electron chi connectivity index (χ0n) is 16.0. The third-order valence-electron chi connectivity index (χ3n) is 4.06. The van der Waals surface area contributed by atoms with Gasteiger partial charge in [-0.15, -0.1) is 11.3 Å². The van der Waals surface area contributed by atoms with Crippen LogP contribution in [0.25, 0.3) is 10.2 Å². The van der Waals surface area contributed by atoms with Crippen LogP contribution in [-0.4, -0.2) is 34.6 Å². The average molecular weight is 417 g/mol. The first-order valence-corrected chi connectivity index (χ1v) is 10.3. The van der Waals surface area contributed by atoms with Crippen LogP contribution in [0.4, 0.5) is 11.4 Å². The fourth-order valence-corrected chi connectivity index (χ4v) is 4.58. The van der Waals surface area contributed by atoms with Crippen LogP contribution in [0.2, 0.25) is 0 Å². The maximum Gasteiger partial charge on any atom is 0.234 e. The summed E-state index contributed by atoms with van der Waals surface area (Å²) in [5.41, 5.74) is 2.22. The van der Waals surface area contributed by atoms with Gasteiger partial charge in [0.2, 0.25) is 11.8 Å². The lowest BCUT2D eigenvalue weighted by molar-refractivity contribution is -0.114. The van der Waals surface area contributed by atoms with Gasteiger partial charge in [-0.05, 0) is 37.6 Å². The third-order valence-corrected chi connectivity index (χ3v) is 6.17. The van der Waals surface area contributed by atoms with Crippen molar-refractivity contribution in [3.8, 4) is 5.75 Å². The summed E-state index contributed by atoms with van der Waals surface area (Å²) < 4.78 is 5.29. The molecule has 0 fully saturated rings. The monoisotopic (exact) mass is 416 g/mol. The second-order valence-electron chi connectivity index (χ2n) is 6.08. The Labute approximate surface area is 170 Å². The van der Waals surface area contributed by atoms with Gasteiger partial charge in [0, 0.05) is 22.9 Å². The van der Waals surface area contributed by atoms with Gasteiger partial charge in [-0.1, -0.05) is 11.8 Å². The number of methoxy groups -OCH3 is 1. The Morgan fingerprint density at radius 2 is 2.00 bits per heavy atom. The topological polar surface area (TPSA) is 93.2 Å². The molecule has 0 unspecified atom stereocenters. The molecule has 2 heterocycles. The van der Waals surface area contributed by atoms with Crippen LogP contribution in [0.15, 0.2) is 29.6 Å². The number of amides is 2. The molecule has 28 heavy (non-hydrogen) atoms. The Hall–Kier alpha value is -2.65. The molecule has 7 nitrogen and oxygen atoms in total. The van der Waals surface area contributed by atoms with Gasteiger partial charge in [-0.2, -0.15) is 0 Å². The average Bonchev–Trinajstić information content (AvgIpc) is 2.94. The summed E-state index contributed by atoms with van der Waals surface area (Å²) in [6, 6.07) is 5.07.